The number of carbonyl (C=O) groups excluding carboxylic acids is 1. The van der Waals surface area contributed by atoms with Crippen LogP contribution in [0.15, 0.2) is 36.7 Å². The minimum atomic E-state index is -0.130. The lowest BCUT2D eigenvalue weighted by atomic mass is 10.1. The summed E-state index contributed by atoms with van der Waals surface area (Å²) in [4.78, 5) is 11.8. The van der Waals surface area contributed by atoms with E-state index in [2.05, 4.69) is 10.4 Å². The summed E-state index contributed by atoms with van der Waals surface area (Å²) in [7, 11) is 5.04. The Labute approximate surface area is 135 Å². The SMILES string of the molecule is COc1ccc(CCNC(=O)C=Cc2cnn(C)c2)cc1OC. The molecule has 0 aliphatic rings. The van der Waals surface area contributed by atoms with Crippen molar-refractivity contribution in [2.75, 3.05) is 20.8 Å². The monoisotopic (exact) mass is 315 g/mol. The molecule has 1 heterocycles. The number of nitrogens with one attached hydrogen (secondary N) is 1. The Balaban J connectivity index is 1.82. The standard InChI is InChI=1S/C17H21N3O3/c1-20-12-14(11-19-20)5-7-17(21)18-9-8-13-4-6-15(22-2)16(10-13)23-3/h4-7,10-12H,8-9H2,1-3H3,(H,18,21). The highest BCUT2D eigenvalue weighted by Gasteiger charge is 2.04. The molecule has 6 heteroatoms. The van der Waals surface area contributed by atoms with Crippen LogP contribution in [-0.2, 0) is 18.3 Å². The first-order chi connectivity index (χ1) is 11.1. The van der Waals surface area contributed by atoms with E-state index in [0.29, 0.717) is 24.5 Å². The van der Waals surface area contributed by atoms with Gasteiger partial charge < -0.3 is 14.8 Å². The predicted octanol–water partition coefficient (Wildman–Crippen LogP) is 1.81. The minimum Gasteiger partial charge on any atom is -0.493 e. The molecule has 0 radical (unpaired) electrons. The minimum absolute atomic E-state index is 0.130. The fraction of sp³-hybridized carbons (Fsp3) is 0.294. The lowest BCUT2D eigenvalue weighted by molar-refractivity contribution is -0.116. The third kappa shape index (κ3) is 4.88. The largest absolute Gasteiger partial charge is 0.493 e. The Hall–Kier alpha value is -2.76. The topological polar surface area (TPSA) is 65.4 Å². The number of methoxy groups -OCH3 is 2. The number of aromatic nitrogens is 2. The van der Waals surface area contributed by atoms with Crippen LogP contribution in [0.2, 0.25) is 0 Å². The highest BCUT2D eigenvalue weighted by atomic mass is 16.5. The average molecular weight is 315 g/mol. The number of rotatable bonds is 7. The lowest BCUT2D eigenvalue weighted by Crippen LogP contribution is -2.23. The fourth-order valence-corrected chi connectivity index (χ4v) is 2.12. The van der Waals surface area contributed by atoms with Gasteiger partial charge in [0.25, 0.3) is 0 Å². The van der Waals surface area contributed by atoms with Crippen LogP contribution in [0.1, 0.15) is 11.1 Å². The van der Waals surface area contributed by atoms with Gasteiger partial charge in [-0.05, 0) is 30.2 Å². The Morgan fingerprint density at radius 3 is 2.74 bits per heavy atom. The normalized spacial score (nSPS) is 10.7. The number of hydrogen-bond acceptors (Lipinski definition) is 4. The number of hydrogen-bond donors (Lipinski definition) is 1. The molecule has 1 aromatic carbocycles. The molecule has 0 saturated heterocycles. The predicted molar refractivity (Wildman–Crippen MR) is 88.5 cm³/mol. The highest BCUT2D eigenvalue weighted by Crippen LogP contribution is 2.27. The van der Waals surface area contributed by atoms with Crippen molar-refractivity contribution in [3.8, 4) is 11.5 Å². The number of aryl methyl sites for hydroxylation is 1. The third-order valence-corrected chi connectivity index (χ3v) is 3.31. The Morgan fingerprint density at radius 1 is 1.30 bits per heavy atom. The smallest absolute Gasteiger partial charge is 0.244 e. The van der Waals surface area contributed by atoms with Gasteiger partial charge in [0.15, 0.2) is 11.5 Å². The van der Waals surface area contributed by atoms with E-state index in [-0.39, 0.29) is 5.91 Å². The van der Waals surface area contributed by atoms with E-state index >= 15 is 0 Å². The van der Waals surface area contributed by atoms with Crippen molar-refractivity contribution in [1.82, 2.24) is 15.1 Å². The molecule has 0 atom stereocenters. The molecule has 0 aliphatic heterocycles. The Kier molecular flexibility index (Phi) is 5.80. The molecule has 0 fully saturated rings. The first kappa shape index (κ1) is 16.6. The summed E-state index contributed by atoms with van der Waals surface area (Å²) in [6.45, 7) is 0.547. The first-order valence-electron chi connectivity index (χ1n) is 7.28. The van der Waals surface area contributed by atoms with Crippen molar-refractivity contribution in [3.05, 3.63) is 47.8 Å². The molecule has 2 aromatic rings. The molecule has 122 valence electrons. The van der Waals surface area contributed by atoms with Crippen molar-refractivity contribution in [1.29, 1.82) is 0 Å². The zero-order valence-corrected chi connectivity index (χ0v) is 13.6. The van der Waals surface area contributed by atoms with Crippen LogP contribution in [-0.4, -0.2) is 36.5 Å². The summed E-state index contributed by atoms with van der Waals surface area (Å²) in [6.07, 6.45) is 7.50. The van der Waals surface area contributed by atoms with Crippen LogP contribution >= 0.6 is 0 Å². The Bertz CT molecular complexity index is 692. The number of amides is 1. The summed E-state index contributed by atoms with van der Waals surface area (Å²) in [5.74, 6) is 1.25. The second kappa shape index (κ2) is 8.03. The maximum Gasteiger partial charge on any atom is 0.244 e. The van der Waals surface area contributed by atoms with Gasteiger partial charge in [-0.3, -0.25) is 9.48 Å². The fourth-order valence-electron chi connectivity index (χ4n) is 2.12. The molecule has 0 aliphatic carbocycles. The van der Waals surface area contributed by atoms with Crippen molar-refractivity contribution in [2.45, 2.75) is 6.42 Å². The molecule has 0 unspecified atom stereocenters. The zero-order chi connectivity index (χ0) is 16.7. The summed E-state index contributed by atoms with van der Waals surface area (Å²) in [5, 5.41) is 6.89. The molecule has 1 amide bonds. The van der Waals surface area contributed by atoms with Crippen molar-refractivity contribution in [2.24, 2.45) is 7.05 Å². The van der Waals surface area contributed by atoms with Gasteiger partial charge in [-0.2, -0.15) is 5.10 Å². The first-order valence-corrected chi connectivity index (χ1v) is 7.28. The van der Waals surface area contributed by atoms with Gasteiger partial charge in [-0.25, -0.2) is 0 Å². The van der Waals surface area contributed by atoms with Crippen LogP contribution in [0.5, 0.6) is 11.5 Å². The quantitative estimate of drug-likeness (QED) is 0.792. The van der Waals surface area contributed by atoms with Crippen LogP contribution in [0, 0.1) is 0 Å². The van der Waals surface area contributed by atoms with E-state index in [9.17, 15) is 4.79 Å². The van der Waals surface area contributed by atoms with Gasteiger partial charge in [0.05, 0.1) is 20.4 Å². The van der Waals surface area contributed by atoms with E-state index < -0.39 is 0 Å². The van der Waals surface area contributed by atoms with Crippen LogP contribution in [0.3, 0.4) is 0 Å². The van der Waals surface area contributed by atoms with Crippen molar-refractivity contribution in [3.63, 3.8) is 0 Å². The third-order valence-electron chi connectivity index (χ3n) is 3.31. The molecule has 1 aromatic heterocycles. The molecule has 6 nitrogen and oxygen atoms in total. The maximum absolute atomic E-state index is 11.8. The summed E-state index contributed by atoms with van der Waals surface area (Å²) in [6, 6.07) is 5.73. The summed E-state index contributed by atoms with van der Waals surface area (Å²) >= 11 is 0. The number of benzene rings is 1. The van der Waals surface area contributed by atoms with Gasteiger partial charge in [0, 0.05) is 31.4 Å². The molecule has 0 spiro atoms. The molecule has 0 bridgehead atoms. The molecule has 0 saturated carbocycles. The summed E-state index contributed by atoms with van der Waals surface area (Å²) < 4.78 is 12.2. The molecule has 2 rings (SSSR count). The highest BCUT2D eigenvalue weighted by molar-refractivity contribution is 5.91. The van der Waals surface area contributed by atoms with E-state index in [1.165, 1.54) is 6.08 Å². The van der Waals surface area contributed by atoms with Gasteiger partial charge in [0.2, 0.25) is 5.91 Å². The second-order valence-corrected chi connectivity index (χ2v) is 5.01. The number of ether oxygens (including phenoxy) is 2. The Morgan fingerprint density at radius 2 is 2.09 bits per heavy atom. The van der Waals surface area contributed by atoms with E-state index in [4.69, 9.17) is 9.47 Å². The van der Waals surface area contributed by atoms with Crippen LogP contribution in [0.25, 0.3) is 6.08 Å². The lowest BCUT2D eigenvalue weighted by Gasteiger charge is -2.09. The van der Waals surface area contributed by atoms with Crippen molar-refractivity contribution >= 4 is 12.0 Å². The van der Waals surface area contributed by atoms with Gasteiger partial charge in [-0.1, -0.05) is 6.07 Å². The van der Waals surface area contributed by atoms with Gasteiger partial charge in [0.1, 0.15) is 0 Å². The molecular formula is C17H21N3O3. The van der Waals surface area contributed by atoms with Gasteiger partial charge in [-0.15, -0.1) is 0 Å². The zero-order valence-electron chi connectivity index (χ0n) is 13.6. The average Bonchev–Trinajstić information content (AvgIpc) is 2.98. The van der Waals surface area contributed by atoms with Crippen molar-refractivity contribution < 1.29 is 14.3 Å². The number of nitrogens with zero attached hydrogens (tertiary/aromatic N) is 2. The van der Waals surface area contributed by atoms with Crippen LogP contribution in [0.4, 0.5) is 0 Å². The van der Waals surface area contributed by atoms with E-state index in [1.807, 2.05) is 31.4 Å². The van der Waals surface area contributed by atoms with Gasteiger partial charge >= 0.3 is 0 Å². The van der Waals surface area contributed by atoms with Crippen LogP contribution < -0.4 is 14.8 Å². The molecular weight excluding hydrogens is 294 g/mol. The van der Waals surface area contributed by atoms with E-state index in [0.717, 1.165) is 11.1 Å². The molecule has 1 N–H and O–H groups in total. The molecule has 23 heavy (non-hydrogen) atoms. The second-order valence-electron chi connectivity index (χ2n) is 5.01. The van der Waals surface area contributed by atoms with E-state index in [1.54, 1.807) is 31.2 Å². The summed E-state index contributed by atoms with van der Waals surface area (Å²) in [5.41, 5.74) is 1.96. The maximum atomic E-state index is 11.8. The number of carbonyl (C=O) groups is 1.